The highest BCUT2D eigenvalue weighted by Crippen LogP contribution is 2.20. The Morgan fingerprint density at radius 1 is 1.33 bits per heavy atom. The Balaban J connectivity index is 2.11. The predicted molar refractivity (Wildman–Crippen MR) is 70.8 cm³/mol. The molecule has 0 aliphatic carbocycles. The van der Waals surface area contributed by atoms with Crippen LogP contribution in [-0.2, 0) is 6.54 Å². The SMILES string of the molecule is CCN(Cc1nnc(NN)s1)c1ccc(F)cc1. The molecule has 2 rings (SSSR count). The van der Waals surface area contributed by atoms with E-state index in [1.807, 2.05) is 6.92 Å². The third kappa shape index (κ3) is 2.93. The molecule has 96 valence electrons. The number of aromatic nitrogens is 2. The monoisotopic (exact) mass is 267 g/mol. The molecule has 7 heteroatoms. The Bertz CT molecular complexity index is 498. The van der Waals surface area contributed by atoms with Crippen molar-refractivity contribution in [3.63, 3.8) is 0 Å². The predicted octanol–water partition coefficient (Wildman–Crippen LogP) is 1.99. The lowest BCUT2D eigenvalue weighted by Crippen LogP contribution is -2.21. The number of hydrogen-bond donors (Lipinski definition) is 2. The minimum atomic E-state index is -0.236. The van der Waals surface area contributed by atoms with Crippen LogP contribution in [0.5, 0.6) is 0 Å². The second-order valence-corrected chi connectivity index (χ2v) is 4.70. The molecule has 5 nitrogen and oxygen atoms in total. The van der Waals surface area contributed by atoms with E-state index in [1.165, 1.54) is 23.5 Å². The fraction of sp³-hybridized carbons (Fsp3) is 0.273. The summed E-state index contributed by atoms with van der Waals surface area (Å²) in [6.45, 7) is 3.46. The Morgan fingerprint density at radius 3 is 2.61 bits per heavy atom. The second kappa shape index (κ2) is 5.74. The number of nitrogens with one attached hydrogen (secondary N) is 1. The normalized spacial score (nSPS) is 10.4. The highest BCUT2D eigenvalue weighted by Gasteiger charge is 2.09. The van der Waals surface area contributed by atoms with Gasteiger partial charge in [0.1, 0.15) is 10.8 Å². The maximum Gasteiger partial charge on any atom is 0.219 e. The van der Waals surface area contributed by atoms with Crippen LogP contribution < -0.4 is 16.2 Å². The number of hydrogen-bond acceptors (Lipinski definition) is 6. The molecule has 2 aromatic rings. The van der Waals surface area contributed by atoms with Crippen LogP contribution in [0, 0.1) is 5.82 Å². The van der Waals surface area contributed by atoms with Crippen molar-refractivity contribution >= 4 is 22.2 Å². The summed E-state index contributed by atoms with van der Waals surface area (Å²) in [6, 6.07) is 6.40. The lowest BCUT2D eigenvalue weighted by molar-refractivity contribution is 0.627. The van der Waals surface area contributed by atoms with E-state index in [0.717, 1.165) is 17.2 Å². The highest BCUT2D eigenvalue weighted by atomic mass is 32.1. The molecule has 0 radical (unpaired) electrons. The molecule has 0 aliphatic rings. The van der Waals surface area contributed by atoms with Crippen molar-refractivity contribution in [3.05, 3.63) is 35.1 Å². The minimum Gasteiger partial charge on any atom is -0.365 e. The summed E-state index contributed by atoms with van der Waals surface area (Å²) in [7, 11) is 0. The molecule has 0 fully saturated rings. The number of anilines is 2. The molecule has 0 amide bonds. The fourth-order valence-corrected chi connectivity index (χ4v) is 2.24. The number of nitrogens with zero attached hydrogens (tertiary/aromatic N) is 3. The summed E-state index contributed by atoms with van der Waals surface area (Å²) in [5.41, 5.74) is 3.42. The highest BCUT2D eigenvalue weighted by molar-refractivity contribution is 7.15. The maximum absolute atomic E-state index is 12.9. The molecule has 0 bridgehead atoms. The largest absolute Gasteiger partial charge is 0.365 e. The van der Waals surface area contributed by atoms with Gasteiger partial charge in [0.05, 0.1) is 6.54 Å². The molecule has 1 aromatic carbocycles. The molecule has 0 atom stereocenters. The van der Waals surface area contributed by atoms with Crippen LogP contribution in [0.4, 0.5) is 15.2 Å². The molecule has 0 unspecified atom stereocenters. The zero-order valence-electron chi connectivity index (χ0n) is 9.93. The molecule has 1 heterocycles. The van der Waals surface area contributed by atoms with E-state index in [0.29, 0.717) is 11.7 Å². The summed E-state index contributed by atoms with van der Waals surface area (Å²) in [5.74, 6) is 5.02. The molecule has 0 aliphatic heterocycles. The lowest BCUT2D eigenvalue weighted by atomic mass is 10.3. The van der Waals surface area contributed by atoms with Gasteiger partial charge in [-0.1, -0.05) is 11.3 Å². The molecule has 18 heavy (non-hydrogen) atoms. The van der Waals surface area contributed by atoms with Gasteiger partial charge in [0, 0.05) is 12.2 Å². The van der Waals surface area contributed by atoms with E-state index >= 15 is 0 Å². The van der Waals surface area contributed by atoms with E-state index < -0.39 is 0 Å². The van der Waals surface area contributed by atoms with Gasteiger partial charge in [-0.3, -0.25) is 5.43 Å². The van der Waals surface area contributed by atoms with Crippen LogP contribution in [0.3, 0.4) is 0 Å². The van der Waals surface area contributed by atoms with Gasteiger partial charge in [-0.15, -0.1) is 10.2 Å². The first kappa shape index (κ1) is 12.7. The Hall–Kier alpha value is -1.73. The number of hydrazine groups is 1. The molecular weight excluding hydrogens is 253 g/mol. The van der Waals surface area contributed by atoms with Crippen molar-refractivity contribution < 1.29 is 4.39 Å². The van der Waals surface area contributed by atoms with Crippen LogP contribution in [0.15, 0.2) is 24.3 Å². The van der Waals surface area contributed by atoms with E-state index in [-0.39, 0.29) is 5.82 Å². The first-order chi connectivity index (χ1) is 8.72. The van der Waals surface area contributed by atoms with Crippen LogP contribution in [0.2, 0.25) is 0 Å². The molecular formula is C11H14FN5S. The Labute approximate surface area is 108 Å². The quantitative estimate of drug-likeness (QED) is 0.640. The minimum absolute atomic E-state index is 0.236. The zero-order valence-corrected chi connectivity index (χ0v) is 10.7. The summed E-state index contributed by atoms with van der Waals surface area (Å²) in [4.78, 5) is 2.08. The Kier molecular flexibility index (Phi) is 4.06. The van der Waals surface area contributed by atoms with Crippen molar-refractivity contribution in [1.29, 1.82) is 0 Å². The van der Waals surface area contributed by atoms with Crippen LogP contribution in [0.1, 0.15) is 11.9 Å². The van der Waals surface area contributed by atoms with E-state index in [1.54, 1.807) is 12.1 Å². The van der Waals surface area contributed by atoms with Gasteiger partial charge in [-0.05, 0) is 31.2 Å². The van der Waals surface area contributed by atoms with Crippen LogP contribution in [-0.4, -0.2) is 16.7 Å². The van der Waals surface area contributed by atoms with Gasteiger partial charge in [-0.2, -0.15) is 0 Å². The number of nitrogen functional groups attached to an aromatic ring is 1. The second-order valence-electron chi connectivity index (χ2n) is 3.64. The average molecular weight is 267 g/mol. The number of halogens is 1. The molecule has 0 saturated heterocycles. The van der Waals surface area contributed by atoms with E-state index in [4.69, 9.17) is 5.84 Å². The number of nitrogens with two attached hydrogens (primary N) is 1. The third-order valence-corrected chi connectivity index (χ3v) is 3.33. The van der Waals surface area contributed by atoms with Gasteiger partial charge >= 0.3 is 0 Å². The summed E-state index contributed by atoms with van der Waals surface area (Å²) in [6.07, 6.45) is 0. The molecule has 1 aromatic heterocycles. The van der Waals surface area contributed by atoms with Gasteiger partial charge in [0.15, 0.2) is 0 Å². The molecule has 0 saturated carbocycles. The zero-order chi connectivity index (χ0) is 13.0. The van der Waals surface area contributed by atoms with Crippen molar-refractivity contribution in [2.45, 2.75) is 13.5 Å². The van der Waals surface area contributed by atoms with Gasteiger partial charge in [-0.25, -0.2) is 10.2 Å². The van der Waals surface area contributed by atoms with Crippen molar-refractivity contribution in [3.8, 4) is 0 Å². The number of rotatable bonds is 5. The number of benzene rings is 1. The summed E-state index contributed by atoms with van der Waals surface area (Å²) < 4.78 is 12.9. The van der Waals surface area contributed by atoms with Crippen LogP contribution >= 0.6 is 11.3 Å². The maximum atomic E-state index is 12.9. The van der Waals surface area contributed by atoms with E-state index in [2.05, 4.69) is 20.5 Å². The third-order valence-electron chi connectivity index (χ3n) is 2.49. The Morgan fingerprint density at radius 2 is 2.06 bits per heavy atom. The molecule has 3 N–H and O–H groups in total. The summed E-state index contributed by atoms with van der Waals surface area (Å²) in [5, 5.41) is 9.34. The average Bonchev–Trinajstić information content (AvgIpc) is 2.85. The van der Waals surface area contributed by atoms with Crippen molar-refractivity contribution in [2.24, 2.45) is 5.84 Å². The van der Waals surface area contributed by atoms with Crippen molar-refractivity contribution in [2.75, 3.05) is 16.9 Å². The fourth-order valence-electron chi connectivity index (χ4n) is 1.58. The van der Waals surface area contributed by atoms with Crippen LogP contribution in [0.25, 0.3) is 0 Å². The van der Waals surface area contributed by atoms with E-state index in [9.17, 15) is 4.39 Å². The first-order valence-corrected chi connectivity index (χ1v) is 6.34. The lowest BCUT2D eigenvalue weighted by Gasteiger charge is -2.21. The molecule has 0 spiro atoms. The van der Waals surface area contributed by atoms with Gasteiger partial charge < -0.3 is 4.90 Å². The summed E-state index contributed by atoms with van der Waals surface area (Å²) >= 11 is 1.40. The first-order valence-electron chi connectivity index (χ1n) is 5.52. The van der Waals surface area contributed by atoms with Crippen molar-refractivity contribution in [1.82, 2.24) is 10.2 Å². The van der Waals surface area contributed by atoms with Gasteiger partial charge in [0.25, 0.3) is 0 Å². The standard InChI is InChI=1S/C11H14FN5S/c1-2-17(9-5-3-8(12)4-6-9)7-10-15-16-11(14-13)18-10/h3-6H,2,7,13H2,1H3,(H,14,16). The smallest absolute Gasteiger partial charge is 0.219 e. The van der Waals surface area contributed by atoms with Gasteiger partial charge in [0.2, 0.25) is 5.13 Å². The topological polar surface area (TPSA) is 67.1 Å².